The van der Waals surface area contributed by atoms with Crippen LogP contribution in [0.2, 0.25) is 0 Å². The Morgan fingerprint density at radius 1 is 1.05 bits per heavy atom. The van der Waals surface area contributed by atoms with E-state index in [0.29, 0.717) is 17.2 Å². The predicted octanol–water partition coefficient (Wildman–Crippen LogP) is 1.74. The number of anilines is 2. The number of benzene rings is 1. The molecule has 2 N–H and O–H groups in total. The summed E-state index contributed by atoms with van der Waals surface area (Å²) in [6.07, 6.45) is 3.25. The number of nitrogens with one attached hydrogen (secondary N) is 2. The SMILES string of the molecule is c1ccc(Nc2nnc3c4[nH]cnc4ncn23)cc1. The Balaban J connectivity index is 1.87. The van der Waals surface area contributed by atoms with Crippen molar-refractivity contribution < 1.29 is 0 Å². The van der Waals surface area contributed by atoms with Gasteiger partial charge in [-0.15, -0.1) is 10.2 Å². The lowest BCUT2D eigenvalue weighted by Gasteiger charge is -2.03. The van der Waals surface area contributed by atoms with Crippen molar-refractivity contribution in [3.63, 3.8) is 0 Å². The first kappa shape index (κ1) is 10.0. The van der Waals surface area contributed by atoms with E-state index in [-0.39, 0.29) is 0 Å². The minimum absolute atomic E-state index is 0.616. The Hall–Kier alpha value is -2.96. The predicted molar refractivity (Wildman–Crippen MR) is 70.2 cm³/mol. The number of nitrogens with zero attached hydrogens (tertiary/aromatic N) is 5. The van der Waals surface area contributed by atoms with Crippen LogP contribution in [0, 0.1) is 0 Å². The maximum atomic E-state index is 4.24. The molecule has 1 aromatic carbocycles. The van der Waals surface area contributed by atoms with Gasteiger partial charge in [0.2, 0.25) is 5.95 Å². The fourth-order valence-electron chi connectivity index (χ4n) is 1.97. The monoisotopic (exact) mass is 251 g/mol. The molecule has 4 rings (SSSR count). The normalized spacial score (nSPS) is 11.2. The molecule has 0 fully saturated rings. The van der Waals surface area contributed by atoms with Gasteiger partial charge in [0, 0.05) is 5.69 Å². The summed E-state index contributed by atoms with van der Waals surface area (Å²) in [5.41, 5.74) is 3.05. The second-order valence-corrected chi connectivity index (χ2v) is 4.05. The van der Waals surface area contributed by atoms with Gasteiger partial charge in [-0.05, 0) is 12.1 Å². The van der Waals surface area contributed by atoms with E-state index in [1.165, 1.54) is 0 Å². The van der Waals surface area contributed by atoms with Gasteiger partial charge in [-0.1, -0.05) is 18.2 Å². The maximum absolute atomic E-state index is 4.24. The molecule has 0 bridgehead atoms. The molecule has 0 atom stereocenters. The number of rotatable bonds is 2. The third-order valence-electron chi connectivity index (χ3n) is 2.86. The van der Waals surface area contributed by atoms with Crippen LogP contribution in [0.25, 0.3) is 16.8 Å². The molecule has 3 heterocycles. The highest BCUT2D eigenvalue weighted by Crippen LogP contribution is 2.18. The van der Waals surface area contributed by atoms with E-state index < -0.39 is 0 Å². The Labute approximate surface area is 107 Å². The van der Waals surface area contributed by atoms with Gasteiger partial charge in [0.1, 0.15) is 11.8 Å². The lowest BCUT2D eigenvalue weighted by molar-refractivity contribution is 1.08. The number of hydrogen-bond acceptors (Lipinski definition) is 5. The highest BCUT2D eigenvalue weighted by molar-refractivity contribution is 5.85. The van der Waals surface area contributed by atoms with Gasteiger partial charge in [0.05, 0.1) is 6.33 Å². The van der Waals surface area contributed by atoms with Crippen molar-refractivity contribution in [1.82, 2.24) is 29.5 Å². The molecule has 0 unspecified atom stereocenters. The molecular weight excluding hydrogens is 242 g/mol. The van der Waals surface area contributed by atoms with Crippen LogP contribution in [0.1, 0.15) is 0 Å². The van der Waals surface area contributed by atoms with Gasteiger partial charge in [0.15, 0.2) is 11.3 Å². The average Bonchev–Trinajstić information content (AvgIpc) is 3.06. The minimum Gasteiger partial charge on any atom is -0.340 e. The van der Waals surface area contributed by atoms with Crippen LogP contribution in [0.5, 0.6) is 0 Å². The van der Waals surface area contributed by atoms with Crippen LogP contribution in [0.15, 0.2) is 43.0 Å². The van der Waals surface area contributed by atoms with Gasteiger partial charge in [-0.25, -0.2) is 14.4 Å². The largest absolute Gasteiger partial charge is 0.340 e. The summed E-state index contributed by atoms with van der Waals surface area (Å²) < 4.78 is 1.79. The number of H-pyrrole nitrogens is 1. The first-order chi connectivity index (χ1) is 9.42. The van der Waals surface area contributed by atoms with Gasteiger partial charge in [-0.3, -0.25) is 0 Å². The molecular formula is C12H9N7. The number of para-hydroxylation sites is 1. The Morgan fingerprint density at radius 2 is 1.95 bits per heavy atom. The van der Waals surface area contributed by atoms with Crippen LogP contribution < -0.4 is 5.32 Å². The molecule has 7 heteroatoms. The number of imidazole rings is 1. The van der Waals surface area contributed by atoms with E-state index in [0.717, 1.165) is 11.2 Å². The van der Waals surface area contributed by atoms with Crippen molar-refractivity contribution in [2.24, 2.45) is 0 Å². The van der Waals surface area contributed by atoms with Crippen LogP contribution in [-0.2, 0) is 0 Å². The molecule has 0 aliphatic rings. The van der Waals surface area contributed by atoms with Crippen molar-refractivity contribution in [2.45, 2.75) is 0 Å². The topological polar surface area (TPSA) is 83.8 Å². The molecule has 0 amide bonds. The summed E-state index contributed by atoms with van der Waals surface area (Å²) in [5, 5.41) is 11.5. The zero-order valence-electron chi connectivity index (χ0n) is 9.78. The van der Waals surface area contributed by atoms with E-state index in [2.05, 4.69) is 30.5 Å². The summed E-state index contributed by atoms with van der Waals surface area (Å²) in [4.78, 5) is 11.4. The first-order valence-electron chi connectivity index (χ1n) is 5.77. The molecule has 0 aliphatic heterocycles. The Morgan fingerprint density at radius 3 is 2.84 bits per heavy atom. The Bertz CT molecular complexity index is 846. The number of aromatic amines is 1. The van der Waals surface area contributed by atoms with Crippen molar-refractivity contribution in [3.05, 3.63) is 43.0 Å². The highest BCUT2D eigenvalue weighted by atomic mass is 15.3. The quantitative estimate of drug-likeness (QED) is 0.567. The lowest BCUT2D eigenvalue weighted by atomic mass is 10.3. The standard InChI is InChI=1S/C12H9N7/c1-2-4-8(5-3-1)16-12-18-17-11-9-10(14-6-13-9)15-7-19(11)12/h1-7H,(H,13,14)(H,16,18). The summed E-state index contributed by atoms with van der Waals surface area (Å²) in [5.74, 6) is 0.616. The fourth-order valence-corrected chi connectivity index (χ4v) is 1.97. The molecule has 0 spiro atoms. The van der Waals surface area contributed by atoms with Crippen molar-refractivity contribution >= 4 is 28.4 Å². The van der Waals surface area contributed by atoms with E-state index in [1.807, 2.05) is 30.3 Å². The van der Waals surface area contributed by atoms with Gasteiger partial charge in [0.25, 0.3) is 0 Å². The summed E-state index contributed by atoms with van der Waals surface area (Å²) >= 11 is 0. The van der Waals surface area contributed by atoms with Crippen molar-refractivity contribution in [1.29, 1.82) is 0 Å². The smallest absolute Gasteiger partial charge is 0.234 e. The van der Waals surface area contributed by atoms with Crippen LogP contribution >= 0.6 is 0 Å². The second kappa shape index (κ2) is 3.77. The van der Waals surface area contributed by atoms with Gasteiger partial charge >= 0.3 is 0 Å². The molecule has 4 aromatic rings. The van der Waals surface area contributed by atoms with Gasteiger partial charge < -0.3 is 10.3 Å². The molecule has 0 radical (unpaired) electrons. The molecule has 0 saturated heterocycles. The second-order valence-electron chi connectivity index (χ2n) is 4.05. The highest BCUT2D eigenvalue weighted by Gasteiger charge is 2.10. The van der Waals surface area contributed by atoms with Crippen LogP contribution in [-0.4, -0.2) is 29.5 Å². The number of fused-ring (bicyclic) bond motifs is 3. The summed E-state index contributed by atoms with van der Waals surface area (Å²) in [6, 6.07) is 9.79. The van der Waals surface area contributed by atoms with E-state index in [9.17, 15) is 0 Å². The Kier molecular flexibility index (Phi) is 1.99. The summed E-state index contributed by atoms with van der Waals surface area (Å²) in [6.45, 7) is 0. The zero-order chi connectivity index (χ0) is 12.7. The molecule has 0 saturated carbocycles. The zero-order valence-corrected chi connectivity index (χ0v) is 9.78. The fraction of sp³-hybridized carbons (Fsp3) is 0. The lowest BCUT2D eigenvalue weighted by Crippen LogP contribution is -1.97. The van der Waals surface area contributed by atoms with Crippen LogP contribution in [0.4, 0.5) is 11.6 Å². The van der Waals surface area contributed by atoms with E-state index in [1.54, 1.807) is 17.1 Å². The molecule has 92 valence electrons. The summed E-state index contributed by atoms with van der Waals surface area (Å²) in [7, 11) is 0. The molecule has 3 aromatic heterocycles. The van der Waals surface area contributed by atoms with E-state index >= 15 is 0 Å². The maximum Gasteiger partial charge on any atom is 0.234 e. The third kappa shape index (κ3) is 1.52. The molecule has 0 aliphatic carbocycles. The minimum atomic E-state index is 0.616. The first-order valence-corrected chi connectivity index (χ1v) is 5.77. The van der Waals surface area contributed by atoms with Gasteiger partial charge in [-0.2, -0.15) is 0 Å². The van der Waals surface area contributed by atoms with Crippen molar-refractivity contribution in [3.8, 4) is 0 Å². The number of aromatic nitrogens is 6. The molecule has 19 heavy (non-hydrogen) atoms. The van der Waals surface area contributed by atoms with Crippen molar-refractivity contribution in [2.75, 3.05) is 5.32 Å². The third-order valence-corrected chi connectivity index (χ3v) is 2.86. The van der Waals surface area contributed by atoms with E-state index in [4.69, 9.17) is 0 Å². The van der Waals surface area contributed by atoms with Crippen LogP contribution in [0.3, 0.4) is 0 Å². The average molecular weight is 251 g/mol. The molecule has 7 nitrogen and oxygen atoms in total. The number of hydrogen-bond donors (Lipinski definition) is 2.